The maximum Gasteiger partial charge on any atom is 0.228 e. The SMILES string of the molecule is O=C(Cc1csc(N2CCOCC2)n1)N1CCCC2(CCCC2)C1. The molecule has 6 heteroatoms. The molecule has 1 aromatic rings. The number of likely N-dealkylation sites (tertiary alicyclic amines) is 1. The van der Waals surface area contributed by atoms with Crippen molar-refractivity contribution in [2.45, 2.75) is 44.9 Å². The summed E-state index contributed by atoms with van der Waals surface area (Å²) in [6.07, 6.45) is 8.25. The molecular weight excluding hydrogens is 322 g/mol. The van der Waals surface area contributed by atoms with Crippen LogP contribution < -0.4 is 4.90 Å². The molecule has 0 unspecified atom stereocenters. The van der Waals surface area contributed by atoms with Crippen molar-refractivity contribution in [3.05, 3.63) is 11.1 Å². The summed E-state index contributed by atoms with van der Waals surface area (Å²) in [5, 5.41) is 3.09. The van der Waals surface area contributed by atoms with Gasteiger partial charge in [-0.25, -0.2) is 4.98 Å². The van der Waals surface area contributed by atoms with E-state index in [2.05, 4.69) is 15.2 Å². The van der Waals surface area contributed by atoms with Crippen molar-refractivity contribution < 1.29 is 9.53 Å². The maximum absolute atomic E-state index is 12.8. The number of morpholine rings is 1. The van der Waals surface area contributed by atoms with Gasteiger partial charge in [-0.2, -0.15) is 0 Å². The van der Waals surface area contributed by atoms with E-state index in [4.69, 9.17) is 9.72 Å². The Labute approximate surface area is 148 Å². The van der Waals surface area contributed by atoms with Crippen molar-refractivity contribution in [1.29, 1.82) is 0 Å². The summed E-state index contributed by atoms with van der Waals surface area (Å²) in [6, 6.07) is 0. The van der Waals surface area contributed by atoms with Crippen LogP contribution in [0.15, 0.2) is 5.38 Å². The highest BCUT2D eigenvalue weighted by atomic mass is 32.1. The van der Waals surface area contributed by atoms with Gasteiger partial charge >= 0.3 is 0 Å². The first-order valence-corrected chi connectivity index (χ1v) is 10.2. The van der Waals surface area contributed by atoms with E-state index in [-0.39, 0.29) is 5.91 Å². The first-order valence-electron chi connectivity index (χ1n) is 9.29. The zero-order valence-electron chi connectivity index (χ0n) is 14.3. The Hall–Kier alpha value is -1.14. The van der Waals surface area contributed by atoms with E-state index >= 15 is 0 Å². The van der Waals surface area contributed by atoms with E-state index in [0.29, 0.717) is 11.8 Å². The van der Waals surface area contributed by atoms with E-state index in [1.807, 2.05) is 0 Å². The second kappa shape index (κ2) is 7.00. The molecule has 2 aliphatic heterocycles. The summed E-state index contributed by atoms with van der Waals surface area (Å²) in [6.45, 7) is 5.24. The molecule has 2 saturated heterocycles. The second-order valence-electron chi connectivity index (χ2n) is 7.52. The third-order valence-corrected chi connectivity index (χ3v) is 6.78. The summed E-state index contributed by atoms with van der Waals surface area (Å²) in [5.41, 5.74) is 1.37. The maximum atomic E-state index is 12.8. The number of carbonyl (C=O) groups excluding carboxylic acids is 1. The lowest BCUT2D eigenvalue weighted by molar-refractivity contribution is -0.134. The van der Waals surface area contributed by atoms with Crippen molar-refractivity contribution >= 4 is 22.4 Å². The van der Waals surface area contributed by atoms with Crippen LogP contribution in [0.3, 0.4) is 0 Å². The molecule has 0 N–H and O–H groups in total. The Kier molecular flexibility index (Phi) is 4.77. The molecule has 5 nitrogen and oxygen atoms in total. The van der Waals surface area contributed by atoms with Gasteiger partial charge in [-0.05, 0) is 31.1 Å². The van der Waals surface area contributed by atoms with Gasteiger partial charge in [0.15, 0.2) is 5.13 Å². The number of hydrogen-bond acceptors (Lipinski definition) is 5. The first-order chi connectivity index (χ1) is 11.7. The van der Waals surface area contributed by atoms with Crippen molar-refractivity contribution in [3.63, 3.8) is 0 Å². The van der Waals surface area contributed by atoms with E-state index in [0.717, 1.165) is 50.2 Å². The highest BCUT2D eigenvalue weighted by molar-refractivity contribution is 7.13. The van der Waals surface area contributed by atoms with E-state index in [1.165, 1.54) is 38.5 Å². The number of hydrogen-bond donors (Lipinski definition) is 0. The lowest BCUT2D eigenvalue weighted by Crippen LogP contribution is -2.45. The third-order valence-electron chi connectivity index (χ3n) is 5.83. The molecule has 132 valence electrons. The van der Waals surface area contributed by atoms with Crippen LogP contribution in [0.25, 0.3) is 0 Å². The van der Waals surface area contributed by atoms with Crippen LogP contribution >= 0.6 is 11.3 Å². The van der Waals surface area contributed by atoms with Crippen molar-refractivity contribution in [2.75, 3.05) is 44.3 Å². The molecule has 1 amide bonds. The van der Waals surface area contributed by atoms with Gasteiger partial charge in [-0.15, -0.1) is 11.3 Å². The van der Waals surface area contributed by atoms with Crippen LogP contribution in [0.5, 0.6) is 0 Å². The molecule has 3 aliphatic rings. The fraction of sp³-hybridized carbons (Fsp3) is 0.778. The number of carbonyl (C=O) groups is 1. The minimum absolute atomic E-state index is 0.264. The predicted molar refractivity (Wildman–Crippen MR) is 95.6 cm³/mol. The van der Waals surface area contributed by atoms with Gasteiger partial charge in [0.1, 0.15) is 0 Å². The lowest BCUT2D eigenvalue weighted by Gasteiger charge is -2.40. The number of aromatic nitrogens is 1. The van der Waals surface area contributed by atoms with E-state index in [1.54, 1.807) is 11.3 Å². The number of rotatable bonds is 3. The number of piperidine rings is 1. The molecule has 1 spiro atoms. The molecule has 0 radical (unpaired) electrons. The van der Waals surface area contributed by atoms with Crippen LogP contribution in [-0.4, -0.2) is 55.2 Å². The van der Waals surface area contributed by atoms with E-state index < -0.39 is 0 Å². The summed E-state index contributed by atoms with van der Waals surface area (Å²) < 4.78 is 5.39. The number of anilines is 1. The summed E-state index contributed by atoms with van der Waals surface area (Å²) in [4.78, 5) is 21.8. The summed E-state index contributed by atoms with van der Waals surface area (Å²) in [7, 11) is 0. The van der Waals surface area contributed by atoms with Crippen LogP contribution in [0.1, 0.15) is 44.2 Å². The molecule has 24 heavy (non-hydrogen) atoms. The molecule has 1 saturated carbocycles. The molecule has 1 aliphatic carbocycles. The Balaban J connectivity index is 1.36. The lowest BCUT2D eigenvalue weighted by atomic mass is 9.78. The fourth-order valence-electron chi connectivity index (χ4n) is 4.50. The minimum Gasteiger partial charge on any atom is -0.378 e. The molecular formula is C18H27N3O2S. The number of nitrogens with zero attached hydrogens (tertiary/aromatic N) is 3. The van der Waals surface area contributed by atoms with Gasteiger partial charge in [0.25, 0.3) is 0 Å². The monoisotopic (exact) mass is 349 g/mol. The van der Waals surface area contributed by atoms with Crippen LogP contribution in [0.2, 0.25) is 0 Å². The van der Waals surface area contributed by atoms with Gasteiger partial charge in [-0.3, -0.25) is 4.79 Å². The van der Waals surface area contributed by atoms with Crippen molar-refractivity contribution in [1.82, 2.24) is 9.88 Å². The van der Waals surface area contributed by atoms with Gasteiger partial charge in [0, 0.05) is 31.6 Å². The zero-order valence-corrected chi connectivity index (χ0v) is 15.2. The predicted octanol–water partition coefficient (Wildman–Crippen LogP) is 2.71. The Morgan fingerprint density at radius 2 is 1.92 bits per heavy atom. The number of ether oxygens (including phenoxy) is 1. The van der Waals surface area contributed by atoms with Gasteiger partial charge in [0.05, 0.1) is 25.3 Å². The standard InChI is InChI=1S/C18H27N3O2S/c22-16(21-7-3-6-18(14-21)4-1-2-5-18)12-15-13-24-17(19-15)20-8-10-23-11-9-20/h13H,1-12,14H2. The zero-order chi connectivity index (χ0) is 16.4. The topological polar surface area (TPSA) is 45.7 Å². The quantitative estimate of drug-likeness (QED) is 0.842. The third kappa shape index (κ3) is 3.45. The van der Waals surface area contributed by atoms with Gasteiger partial charge in [0.2, 0.25) is 5.91 Å². The number of thiazole rings is 1. The van der Waals surface area contributed by atoms with Crippen LogP contribution in [0, 0.1) is 5.41 Å². The Bertz CT molecular complexity index is 577. The second-order valence-corrected chi connectivity index (χ2v) is 8.36. The molecule has 1 aromatic heterocycles. The largest absolute Gasteiger partial charge is 0.378 e. The average Bonchev–Trinajstić information content (AvgIpc) is 3.26. The Morgan fingerprint density at radius 1 is 1.17 bits per heavy atom. The normalized spacial score (nSPS) is 23.8. The average molecular weight is 350 g/mol. The van der Waals surface area contributed by atoms with Crippen molar-refractivity contribution in [3.8, 4) is 0 Å². The van der Waals surface area contributed by atoms with Crippen molar-refractivity contribution in [2.24, 2.45) is 5.41 Å². The van der Waals surface area contributed by atoms with Crippen LogP contribution in [-0.2, 0) is 16.0 Å². The van der Waals surface area contributed by atoms with Gasteiger partial charge < -0.3 is 14.5 Å². The van der Waals surface area contributed by atoms with Crippen LogP contribution in [0.4, 0.5) is 5.13 Å². The summed E-state index contributed by atoms with van der Waals surface area (Å²) >= 11 is 1.65. The smallest absolute Gasteiger partial charge is 0.228 e. The highest BCUT2D eigenvalue weighted by Crippen LogP contribution is 2.44. The summed E-state index contributed by atoms with van der Waals surface area (Å²) in [5.74, 6) is 0.264. The first kappa shape index (κ1) is 16.3. The van der Waals surface area contributed by atoms with Gasteiger partial charge in [-0.1, -0.05) is 12.8 Å². The number of amides is 1. The molecule has 3 heterocycles. The Morgan fingerprint density at radius 3 is 2.71 bits per heavy atom. The fourth-order valence-corrected chi connectivity index (χ4v) is 5.38. The highest BCUT2D eigenvalue weighted by Gasteiger charge is 2.39. The van der Waals surface area contributed by atoms with E-state index in [9.17, 15) is 4.79 Å². The molecule has 4 rings (SSSR count). The molecule has 0 bridgehead atoms. The molecule has 3 fully saturated rings. The molecule has 0 atom stereocenters. The minimum atomic E-state index is 0.264. The molecule has 0 aromatic carbocycles.